The zero-order chi connectivity index (χ0) is 20.2. The maximum atomic E-state index is 13.2. The van der Waals surface area contributed by atoms with Crippen molar-refractivity contribution < 1.29 is 9.59 Å². The first-order valence-corrected chi connectivity index (χ1v) is 10.3. The molecule has 2 aliphatic rings. The normalized spacial score (nSPS) is 16.3. The van der Waals surface area contributed by atoms with Crippen LogP contribution in [-0.4, -0.2) is 59.0 Å². The van der Waals surface area contributed by atoms with Crippen LogP contribution in [0.1, 0.15) is 39.6 Å². The van der Waals surface area contributed by atoms with Gasteiger partial charge in [-0.3, -0.25) is 9.59 Å². The number of rotatable bonds is 5. The largest absolute Gasteiger partial charge is 0.368 e. The van der Waals surface area contributed by atoms with Gasteiger partial charge in [0.2, 0.25) is 0 Å². The Labute approximate surface area is 171 Å². The number of nitrogens with zero attached hydrogens (tertiary/aromatic N) is 4. The van der Waals surface area contributed by atoms with Gasteiger partial charge >= 0.3 is 0 Å². The van der Waals surface area contributed by atoms with Crippen molar-refractivity contribution in [3.8, 4) is 0 Å². The molecule has 29 heavy (non-hydrogen) atoms. The van der Waals surface area contributed by atoms with E-state index < -0.39 is 0 Å². The third-order valence-electron chi connectivity index (χ3n) is 5.62. The minimum Gasteiger partial charge on any atom is -0.368 e. The number of carbonyl (C=O) groups excluding carboxylic acids is 2. The molecular formula is C22H27N5O2. The van der Waals surface area contributed by atoms with Gasteiger partial charge in [0.15, 0.2) is 5.82 Å². The summed E-state index contributed by atoms with van der Waals surface area (Å²) in [5, 5.41) is 2.78. The SMILES string of the molecule is C=CCNC(=O)c1nc(C(=O)N2CCN(c3ccccc3)CC2)c2n1CCCC2. The highest BCUT2D eigenvalue weighted by Crippen LogP contribution is 2.23. The maximum absolute atomic E-state index is 13.2. The van der Waals surface area contributed by atoms with E-state index in [0.717, 1.165) is 44.6 Å². The van der Waals surface area contributed by atoms with Crippen LogP contribution in [0.2, 0.25) is 0 Å². The van der Waals surface area contributed by atoms with Crippen LogP contribution in [0.5, 0.6) is 0 Å². The van der Waals surface area contributed by atoms with Crippen LogP contribution in [0.25, 0.3) is 0 Å². The second kappa shape index (κ2) is 8.51. The zero-order valence-corrected chi connectivity index (χ0v) is 16.6. The summed E-state index contributed by atoms with van der Waals surface area (Å²) >= 11 is 0. The third kappa shape index (κ3) is 3.90. The number of carbonyl (C=O) groups is 2. The quantitative estimate of drug-likeness (QED) is 0.790. The predicted molar refractivity (Wildman–Crippen MR) is 112 cm³/mol. The highest BCUT2D eigenvalue weighted by atomic mass is 16.2. The number of imidazole rings is 1. The molecule has 0 aliphatic carbocycles. The molecule has 0 saturated carbocycles. The minimum atomic E-state index is -0.249. The number of amides is 2. The molecule has 1 fully saturated rings. The lowest BCUT2D eigenvalue weighted by molar-refractivity contribution is 0.0739. The van der Waals surface area contributed by atoms with Gasteiger partial charge in [-0.2, -0.15) is 0 Å². The van der Waals surface area contributed by atoms with Crippen molar-refractivity contribution >= 4 is 17.5 Å². The highest BCUT2D eigenvalue weighted by molar-refractivity contribution is 5.97. The summed E-state index contributed by atoms with van der Waals surface area (Å²) in [4.78, 5) is 34.4. The fourth-order valence-corrected chi connectivity index (χ4v) is 4.09. The molecule has 0 atom stereocenters. The predicted octanol–water partition coefficient (Wildman–Crippen LogP) is 2.10. The van der Waals surface area contributed by atoms with Crippen LogP contribution in [0, 0.1) is 0 Å². The van der Waals surface area contributed by atoms with Gasteiger partial charge < -0.3 is 19.7 Å². The molecular weight excluding hydrogens is 366 g/mol. The van der Waals surface area contributed by atoms with Gasteiger partial charge in [0.05, 0.1) is 5.69 Å². The van der Waals surface area contributed by atoms with Gasteiger partial charge in [-0.25, -0.2) is 4.98 Å². The molecule has 152 valence electrons. The Morgan fingerprint density at radius 3 is 2.55 bits per heavy atom. The van der Waals surface area contributed by atoms with Crippen molar-refractivity contribution in [3.63, 3.8) is 0 Å². The molecule has 4 rings (SSSR count). The van der Waals surface area contributed by atoms with Crippen LogP contribution in [-0.2, 0) is 13.0 Å². The van der Waals surface area contributed by atoms with Crippen molar-refractivity contribution in [3.05, 3.63) is 60.2 Å². The number of hydrogen-bond donors (Lipinski definition) is 1. The topological polar surface area (TPSA) is 70.5 Å². The third-order valence-corrected chi connectivity index (χ3v) is 5.62. The molecule has 7 heteroatoms. The molecule has 0 radical (unpaired) electrons. The number of anilines is 1. The van der Waals surface area contributed by atoms with E-state index in [0.29, 0.717) is 31.2 Å². The summed E-state index contributed by atoms with van der Waals surface area (Å²) in [5.74, 6) is 0.0277. The lowest BCUT2D eigenvalue weighted by atomic mass is 10.1. The zero-order valence-electron chi connectivity index (χ0n) is 16.6. The fraction of sp³-hybridized carbons (Fsp3) is 0.409. The number of nitrogens with one attached hydrogen (secondary N) is 1. The number of fused-ring (bicyclic) bond motifs is 1. The Morgan fingerprint density at radius 2 is 1.83 bits per heavy atom. The summed E-state index contributed by atoms with van der Waals surface area (Å²) < 4.78 is 1.93. The summed E-state index contributed by atoms with van der Waals surface area (Å²) in [7, 11) is 0. The van der Waals surface area contributed by atoms with Gasteiger partial charge in [0, 0.05) is 45.0 Å². The first kappa shape index (κ1) is 19.2. The van der Waals surface area contributed by atoms with Crippen LogP contribution in [0.15, 0.2) is 43.0 Å². The van der Waals surface area contributed by atoms with Gasteiger partial charge in [0.1, 0.15) is 5.69 Å². The van der Waals surface area contributed by atoms with E-state index in [9.17, 15) is 9.59 Å². The molecule has 0 spiro atoms. The molecule has 1 N–H and O–H groups in total. The van der Waals surface area contributed by atoms with Gasteiger partial charge in [-0.15, -0.1) is 6.58 Å². The van der Waals surface area contributed by atoms with Crippen molar-refractivity contribution in [2.45, 2.75) is 25.8 Å². The van der Waals surface area contributed by atoms with E-state index in [-0.39, 0.29) is 11.8 Å². The van der Waals surface area contributed by atoms with Gasteiger partial charge in [-0.1, -0.05) is 24.3 Å². The van der Waals surface area contributed by atoms with Crippen LogP contribution in [0.4, 0.5) is 5.69 Å². The number of benzene rings is 1. The lowest BCUT2D eigenvalue weighted by Crippen LogP contribution is -2.49. The molecule has 1 saturated heterocycles. The summed E-state index contributed by atoms with van der Waals surface area (Å²) in [5.41, 5.74) is 2.53. The smallest absolute Gasteiger partial charge is 0.287 e. The maximum Gasteiger partial charge on any atom is 0.287 e. The Morgan fingerprint density at radius 1 is 1.07 bits per heavy atom. The van der Waals surface area contributed by atoms with Crippen LogP contribution < -0.4 is 10.2 Å². The second-order valence-electron chi connectivity index (χ2n) is 7.45. The summed E-state index contributed by atoms with van der Waals surface area (Å²) in [6.45, 7) is 7.62. The van der Waals surface area contributed by atoms with Crippen molar-refractivity contribution in [2.24, 2.45) is 0 Å². The van der Waals surface area contributed by atoms with E-state index in [1.807, 2.05) is 27.7 Å². The molecule has 2 amide bonds. The molecule has 2 aromatic rings. The highest BCUT2D eigenvalue weighted by Gasteiger charge is 2.31. The summed E-state index contributed by atoms with van der Waals surface area (Å²) in [6.07, 6.45) is 4.43. The molecule has 1 aromatic heterocycles. The lowest BCUT2D eigenvalue weighted by Gasteiger charge is -2.36. The van der Waals surface area contributed by atoms with Crippen LogP contribution >= 0.6 is 0 Å². The summed E-state index contributed by atoms with van der Waals surface area (Å²) in [6, 6.07) is 10.3. The molecule has 2 aliphatic heterocycles. The van der Waals surface area contributed by atoms with E-state index in [1.54, 1.807) is 6.08 Å². The van der Waals surface area contributed by atoms with Crippen LogP contribution in [0.3, 0.4) is 0 Å². The number of para-hydroxylation sites is 1. The van der Waals surface area contributed by atoms with Crippen molar-refractivity contribution in [1.29, 1.82) is 0 Å². The van der Waals surface area contributed by atoms with E-state index in [1.165, 1.54) is 5.69 Å². The average molecular weight is 393 g/mol. The Balaban J connectivity index is 1.51. The average Bonchev–Trinajstić information content (AvgIpc) is 3.17. The van der Waals surface area contributed by atoms with Gasteiger partial charge in [-0.05, 0) is 31.4 Å². The Hall–Kier alpha value is -3.09. The molecule has 1 aromatic carbocycles. The monoisotopic (exact) mass is 393 g/mol. The molecule has 7 nitrogen and oxygen atoms in total. The standard InChI is InChI=1S/C22H27N5O2/c1-2-11-23-21(28)20-24-19(18-10-6-7-12-27(18)20)22(29)26-15-13-25(14-16-26)17-8-4-3-5-9-17/h2-5,8-9H,1,6-7,10-16H2,(H,23,28). The first-order valence-electron chi connectivity index (χ1n) is 10.3. The van der Waals surface area contributed by atoms with E-state index in [4.69, 9.17) is 0 Å². The second-order valence-corrected chi connectivity index (χ2v) is 7.45. The molecule has 0 bridgehead atoms. The van der Waals surface area contributed by atoms with Gasteiger partial charge in [0.25, 0.3) is 11.8 Å². The molecule has 3 heterocycles. The fourth-order valence-electron chi connectivity index (χ4n) is 4.09. The Bertz CT molecular complexity index is 897. The minimum absolute atomic E-state index is 0.0638. The Kier molecular flexibility index (Phi) is 5.64. The number of hydrogen-bond acceptors (Lipinski definition) is 4. The van der Waals surface area contributed by atoms with E-state index >= 15 is 0 Å². The number of aromatic nitrogens is 2. The first-order chi connectivity index (χ1) is 14.2. The number of piperazine rings is 1. The molecule has 0 unspecified atom stereocenters. The van der Waals surface area contributed by atoms with Crippen molar-refractivity contribution in [1.82, 2.24) is 19.8 Å². The van der Waals surface area contributed by atoms with E-state index in [2.05, 4.69) is 33.9 Å². The van der Waals surface area contributed by atoms with Crippen molar-refractivity contribution in [2.75, 3.05) is 37.6 Å².